The molecule has 24 heavy (non-hydrogen) atoms. The van der Waals surface area contributed by atoms with Gasteiger partial charge in [0.2, 0.25) is 5.91 Å². The molecule has 0 spiro atoms. The van der Waals surface area contributed by atoms with E-state index >= 15 is 0 Å². The molecule has 0 heterocycles. The van der Waals surface area contributed by atoms with Gasteiger partial charge in [0, 0.05) is 31.3 Å². The molecule has 2 aromatic carbocycles. The summed E-state index contributed by atoms with van der Waals surface area (Å²) in [5.74, 6) is -0.830. The molecule has 5 heteroatoms. The molecule has 1 fully saturated rings. The van der Waals surface area contributed by atoms with Crippen molar-refractivity contribution >= 4 is 17.5 Å². The lowest BCUT2D eigenvalue weighted by Crippen LogP contribution is -2.22. The standard InChI is InChI=1S/C19H19FN2O2/c1-22(2)19(24)12-6-5-7-13(10-12)21-18(23)16-11-15(16)14-8-3-4-9-17(14)20/h3-10,15-16H,11H2,1-2H3,(H,21,23). The summed E-state index contributed by atoms with van der Waals surface area (Å²) in [7, 11) is 3.35. The van der Waals surface area contributed by atoms with Crippen molar-refractivity contribution in [2.24, 2.45) is 5.92 Å². The number of nitrogens with one attached hydrogen (secondary N) is 1. The van der Waals surface area contributed by atoms with Gasteiger partial charge < -0.3 is 10.2 Å². The summed E-state index contributed by atoms with van der Waals surface area (Å²) < 4.78 is 13.8. The third kappa shape index (κ3) is 3.30. The molecule has 0 saturated heterocycles. The Morgan fingerprint density at radius 1 is 1.12 bits per heavy atom. The van der Waals surface area contributed by atoms with Crippen LogP contribution >= 0.6 is 0 Å². The van der Waals surface area contributed by atoms with E-state index in [0.717, 1.165) is 0 Å². The number of halogens is 1. The lowest BCUT2D eigenvalue weighted by atomic mass is 10.1. The Balaban J connectivity index is 1.68. The summed E-state index contributed by atoms with van der Waals surface area (Å²) in [5, 5.41) is 2.83. The van der Waals surface area contributed by atoms with Crippen LogP contribution in [0.3, 0.4) is 0 Å². The first-order valence-electron chi connectivity index (χ1n) is 7.84. The fraction of sp³-hybridized carbons (Fsp3) is 0.263. The van der Waals surface area contributed by atoms with Crippen LogP contribution in [0.5, 0.6) is 0 Å². The van der Waals surface area contributed by atoms with Gasteiger partial charge in [-0.3, -0.25) is 9.59 Å². The highest BCUT2D eigenvalue weighted by molar-refractivity contribution is 5.98. The van der Waals surface area contributed by atoms with E-state index in [4.69, 9.17) is 0 Å². The predicted molar refractivity (Wildman–Crippen MR) is 90.3 cm³/mol. The second-order valence-corrected chi connectivity index (χ2v) is 6.24. The molecule has 2 aromatic rings. The van der Waals surface area contributed by atoms with Crippen molar-refractivity contribution in [1.82, 2.24) is 4.90 Å². The van der Waals surface area contributed by atoms with E-state index in [1.54, 1.807) is 56.6 Å². The smallest absolute Gasteiger partial charge is 0.253 e. The molecule has 0 aromatic heterocycles. The first-order chi connectivity index (χ1) is 11.5. The first kappa shape index (κ1) is 16.2. The Hall–Kier alpha value is -2.69. The highest BCUT2D eigenvalue weighted by Gasteiger charge is 2.45. The molecule has 2 unspecified atom stereocenters. The highest BCUT2D eigenvalue weighted by Crippen LogP contribution is 2.48. The summed E-state index contributed by atoms with van der Waals surface area (Å²) in [5.41, 5.74) is 1.68. The maximum absolute atomic E-state index is 13.8. The molecule has 1 N–H and O–H groups in total. The molecule has 0 bridgehead atoms. The Kier molecular flexibility index (Phi) is 4.34. The van der Waals surface area contributed by atoms with Gasteiger partial charge in [0.1, 0.15) is 5.82 Å². The molecule has 124 valence electrons. The maximum atomic E-state index is 13.8. The zero-order valence-electron chi connectivity index (χ0n) is 13.6. The number of benzene rings is 2. The molecule has 1 saturated carbocycles. The number of carbonyl (C=O) groups is 2. The minimum atomic E-state index is -0.267. The minimum Gasteiger partial charge on any atom is -0.345 e. The number of nitrogens with zero attached hydrogens (tertiary/aromatic N) is 1. The van der Waals surface area contributed by atoms with E-state index in [-0.39, 0.29) is 29.5 Å². The van der Waals surface area contributed by atoms with Crippen molar-refractivity contribution in [3.8, 4) is 0 Å². The average molecular weight is 326 g/mol. The van der Waals surface area contributed by atoms with Gasteiger partial charge in [0.05, 0.1) is 0 Å². The van der Waals surface area contributed by atoms with Gasteiger partial charge in [0.15, 0.2) is 0 Å². The second kappa shape index (κ2) is 6.43. The Bertz CT molecular complexity index is 788. The van der Waals surface area contributed by atoms with Crippen molar-refractivity contribution in [2.75, 3.05) is 19.4 Å². The summed E-state index contributed by atoms with van der Waals surface area (Å²) >= 11 is 0. The normalized spacial score (nSPS) is 18.8. The van der Waals surface area contributed by atoms with Crippen molar-refractivity contribution in [3.63, 3.8) is 0 Å². The first-order valence-corrected chi connectivity index (χ1v) is 7.84. The molecule has 0 aliphatic heterocycles. The summed E-state index contributed by atoms with van der Waals surface area (Å²) in [6.45, 7) is 0. The molecule has 1 aliphatic carbocycles. The topological polar surface area (TPSA) is 49.4 Å². The molecular weight excluding hydrogens is 307 g/mol. The fourth-order valence-corrected chi connectivity index (χ4v) is 2.83. The van der Waals surface area contributed by atoms with Crippen LogP contribution in [0.25, 0.3) is 0 Å². The van der Waals surface area contributed by atoms with E-state index in [0.29, 0.717) is 23.2 Å². The fourth-order valence-electron chi connectivity index (χ4n) is 2.83. The lowest BCUT2D eigenvalue weighted by Gasteiger charge is -2.11. The Morgan fingerprint density at radius 3 is 2.58 bits per heavy atom. The number of carbonyl (C=O) groups excluding carboxylic acids is 2. The van der Waals surface area contributed by atoms with Crippen molar-refractivity contribution in [1.29, 1.82) is 0 Å². The van der Waals surface area contributed by atoms with Crippen LogP contribution in [-0.2, 0) is 4.79 Å². The van der Waals surface area contributed by atoms with Gasteiger partial charge in [0.25, 0.3) is 5.91 Å². The van der Waals surface area contributed by atoms with Gasteiger partial charge in [-0.25, -0.2) is 4.39 Å². The molecule has 2 atom stereocenters. The van der Waals surface area contributed by atoms with Gasteiger partial charge >= 0.3 is 0 Å². The number of rotatable bonds is 4. The van der Waals surface area contributed by atoms with Crippen molar-refractivity contribution < 1.29 is 14.0 Å². The summed E-state index contributed by atoms with van der Waals surface area (Å²) in [6, 6.07) is 13.4. The van der Waals surface area contributed by atoms with Crippen molar-refractivity contribution in [2.45, 2.75) is 12.3 Å². The predicted octanol–water partition coefficient (Wildman–Crippen LogP) is 3.27. The van der Waals surface area contributed by atoms with Crippen LogP contribution in [0.4, 0.5) is 10.1 Å². The minimum absolute atomic E-state index is 0.0715. The van der Waals surface area contributed by atoms with Crippen LogP contribution in [0.2, 0.25) is 0 Å². The van der Waals surface area contributed by atoms with E-state index in [1.165, 1.54) is 11.0 Å². The van der Waals surface area contributed by atoms with Gasteiger partial charge in [-0.15, -0.1) is 0 Å². The lowest BCUT2D eigenvalue weighted by molar-refractivity contribution is -0.117. The molecule has 4 nitrogen and oxygen atoms in total. The maximum Gasteiger partial charge on any atom is 0.253 e. The molecule has 2 amide bonds. The molecule has 1 aliphatic rings. The van der Waals surface area contributed by atoms with Crippen molar-refractivity contribution in [3.05, 3.63) is 65.5 Å². The second-order valence-electron chi connectivity index (χ2n) is 6.24. The van der Waals surface area contributed by atoms with Crippen LogP contribution < -0.4 is 5.32 Å². The average Bonchev–Trinajstić information content (AvgIpc) is 3.35. The van der Waals surface area contributed by atoms with Crippen LogP contribution in [-0.4, -0.2) is 30.8 Å². The van der Waals surface area contributed by atoms with E-state index in [2.05, 4.69) is 5.32 Å². The quantitative estimate of drug-likeness (QED) is 0.937. The number of anilines is 1. The van der Waals surface area contributed by atoms with Gasteiger partial charge in [-0.2, -0.15) is 0 Å². The Morgan fingerprint density at radius 2 is 1.88 bits per heavy atom. The summed E-state index contributed by atoms with van der Waals surface area (Å²) in [4.78, 5) is 25.8. The zero-order chi connectivity index (χ0) is 17.3. The number of hydrogen-bond acceptors (Lipinski definition) is 2. The van der Waals surface area contributed by atoms with E-state index in [1.807, 2.05) is 0 Å². The van der Waals surface area contributed by atoms with Crippen LogP contribution in [0.15, 0.2) is 48.5 Å². The SMILES string of the molecule is CN(C)C(=O)c1cccc(NC(=O)C2CC2c2ccccc2F)c1. The highest BCUT2D eigenvalue weighted by atomic mass is 19.1. The molecule has 3 rings (SSSR count). The monoisotopic (exact) mass is 326 g/mol. The Labute approximate surface area is 140 Å². The summed E-state index contributed by atoms with van der Waals surface area (Å²) in [6.07, 6.45) is 0.642. The molecule has 0 radical (unpaired) electrons. The zero-order valence-corrected chi connectivity index (χ0v) is 13.6. The van der Waals surface area contributed by atoms with Crippen LogP contribution in [0, 0.1) is 11.7 Å². The largest absolute Gasteiger partial charge is 0.345 e. The third-order valence-electron chi connectivity index (χ3n) is 4.22. The third-order valence-corrected chi connectivity index (χ3v) is 4.22. The van der Waals surface area contributed by atoms with Gasteiger partial charge in [-0.1, -0.05) is 24.3 Å². The van der Waals surface area contributed by atoms with E-state index in [9.17, 15) is 14.0 Å². The molecular formula is C19H19FN2O2. The van der Waals surface area contributed by atoms with Crippen LogP contribution in [0.1, 0.15) is 28.3 Å². The number of hydrogen-bond donors (Lipinski definition) is 1. The number of amides is 2. The van der Waals surface area contributed by atoms with Gasteiger partial charge in [-0.05, 0) is 42.2 Å². The van der Waals surface area contributed by atoms with E-state index < -0.39 is 0 Å².